The Balaban J connectivity index is 1.28. The fraction of sp³-hybridized carbons (Fsp3) is 0.333. The number of halogens is 1. The van der Waals surface area contributed by atoms with Crippen LogP contribution in [0.15, 0.2) is 88.1 Å². The molecular weight excluding hydrogens is 544 g/mol. The second-order valence-corrected chi connectivity index (χ2v) is 11.0. The molecule has 2 N–H and O–H groups in total. The number of likely N-dealkylation sites (tertiary alicyclic amines) is 1. The molecule has 7 nitrogen and oxygen atoms in total. The van der Waals surface area contributed by atoms with Crippen LogP contribution in [0.1, 0.15) is 42.9 Å². The molecule has 0 spiro atoms. The van der Waals surface area contributed by atoms with Crippen molar-refractivity contribution >= 4 is 33.1 Å². The minimum Gasteiger partial charge on any atom is -0.465 e. The van der Waals surface area contributed by atoms with Crippen LogP contribution in [-0.2, 0) is 13.1 Å². The molecular formula is C30H33BrN4O3. The van der Waals surface area contributed by atoms with E-state index in [9.17, 15) is 14.7 Å². The number of imidazole rings is 1. The number of H-pyrrole nitrogens is 1. The van der Waals surface area contributed by atoms with Gasteiger partial charge in [-0.2, -0.15) is 0 Å². The van der Waals surface area contributed by atoms with E-state index in [1.807, 2.05) is 34.9 Å². The molecule has 1 aliphatic heterocycles. The summed E-state index contributed by atoms with van der Waals surface area (Å²) in [4.78, 5) is 31.8. The zero-order valence-electron chi connectivity index (χ0n) is 21.3. The summed E-state index contributed by atoms with van der Waals surface area (Å²) in [5, 5.41) is 9.91. The highest BCUT2D eigenvalue weighted by molar-refractivity contribution is 9.10. The second kappa shape index (κ2) is 12.0. The number of rotatable bonds is 9. The molecule has 2 atom stereocenters. The zero-order chi connectivity index (χ0) is 26.5. The molecule has 3 aromatic carbocycles. The van der Waals surface area contributed by atoms with Gasteiger partial charge in [0, 0.05) is 36.2 Å². The molecule has 198 valence electrons. The Morgan fingerprint density at radius 2 is 1.66 bits per heavy atom. The minimum absolute atomic E-state index is 0.0255. The SMILES string of the molecule is O=C(O)N1CCC(n2c(=O)[nH]c3ccccc32)CC1CCCN(Cc1ccccc1)Cc1ccc(Br)cc1. The molecule has 8 heteroatoms. The highest BCUT2D eigenvalue weighted by Gasteiger charge is 2.33. The average Bonchev–Trinajstić information content (AvgIpc) is 3.26. The van der Waals surface area contributed by atoms with E-state index in [0.29, 0.717) is 19.4 Å². The highest BCUT2D eigenvalue weighted by atomic mass is 79.9. The van der Waals surface area contributed by atoms with Gasteiger partial charge in [0.25, 0.3) is 0 Å². The lowest BCUT2D eigenvalue weighted by atomic mass is 9.93. The first-order valence-electron chi connectivity index (χ1n) is 13.2. The van der Waals surface area contributed by atoms with Crippen molar-refractivity contribution in [1.29, 1.82) is 0 Å². The third-order valence-electron chi connectivity index (χ3n) is 7.50. The summed E-state index contributed by atoms with van der Waals surface area (Å²) in [5.74, 6) is 0. The average molecular weight is 578 g/mol. The number of fused-ring (bicyclic) bond motifs is 1. The monoisotopic (exact) mass is 576 g/mol. The van der Waals surface area contributed by atoms with Crippen molar-refractivity contribution in [2.24, 2.45) is 0 Å². The number of carboxylic acid groups (broad SMARTS) is 1. The Labute approximate surface area is 230 Å². The molecule has 2 unspecified atom stereocenters. The Morgan fingerprint density at radius 1 is 0.974 bits per heavy atom. The van der Waals surface area contributed by atoms with Gasteiger partial charge in [0.2, 0.25) is 0 Å². The summed E-state index contributed by atoms with van der Waals surface area (Å²) < 4.78 is 2.89. The molecule has 1 fully saturated rings. The smallest absolute Gasteiger partial charge is 0.407 e. The number of hydrogen-bond acceptors (Lipinski definition) is 3. The predicted molar refractivity (Wildman–Crippen MR) is 153 cm³/mol. The molecule has 1 saturated heterocycles. The van der Waals surface area contributed by atoms with Gasteiger partial charge in [-0.15, -0.1) is 0 Å². The van der Waals surface area contributed by atoms with Crippen LogP contribution >= 0.6 is 15.9 Å². The van der Waals surface area contributed by atoms with Crippen molar-refractivity contribution in [3.8, 4) is 0 Å². The van der Waals surface area contributed by atoms with Gasteiger partial charge in [0.15, 0.2) is 0 Å². The first-order valence-corrected chi connectivity index (χ1v) is 14.0. The van der Waals surface area contributed by atoms with Crippen LogP contribution in [0.3, 0.4) is 0 Å². The van der Waals surface area contributed by atoms with E-state index in [4.69, 9.17) is 0 Å². The molecule has 1 aromatic heterocycles. The van der Waals surface area contributed by atoms with E-state index in [1.54, 1.807) is 4.90 Å². The summed E-state index contributed by atoms with van der Waals surface area (Å²) in [6.07, 6.45) is 2.02. The van der Waals surface area contributed by atoms with E-state index < -0.39 is 6.09 Å². The van der Waals surface area contributed by atoms with Crippen LogP contribution in [0.2, 0.25) is 0 Å². The Hall–Kier alpha value is -3.36. The maximum absolute atomic E-state index is 12.8. The van der Waals surface area contributed by atoms with Gasteiger partial charge in [-0.1, -0.05) is 70.5 Å². The lowest BCUT2D eigenvalue weighted by Crippen LogP contribution is -2.47. The van der Waals surface area contributed by atoms with Crippen molar-refractivity contribution in [3.05, 3.63) is 105 Å². The van der Waals surface area contributed by atoms with Gasteiger partial charge in [-0.3, -0.25) is 9.47 Å². The number of aromatic amines is 1. The van der Waals surface area contributed by atoms with Crippen molar-refractivity contribution in [3.63, 3.8) is 0 Å². The second-order valence-electron chi connectivity index (χ2n) is 10.1. The lowest BCUT2D eigenvalue weighted by molar-refractivity contribution is 0.0853. The van der Waals surface area contributed by atoms with Crippen molar-refractivity contribution in [1.82, 2.24) is 19.4 Å². The molecule has 0 radical (unpaired) electrons. The van der Waals surface area contributed by atoms with E-state index in [1.165, 1.54) is 11.1 Å². The fourth-order valence-corrected chi connectivity index (χ4v) is 5.95. The fourth-order valence-electron chi connectivity index (χ4n) is 5.68. The number of carbonyl (C=O) groups is 1. The van der Waals surface area contributed by atoms with Gasteiger partial charge < -0.3 is 15.0 Å². The Morgan fingerprint density at radius 3 is 2.39 bits per heavy atom. The number of amides is 1. The molecule has 1 aliphatic rings. The maximum Gasteiger partial charge on any atom is 0.407 e. The molecule has 0 bridgehead atoms. The number of benzene rings is 3. The Kier molecular flexibility index (Phi) is 8.29. The lowest BCUT2D eigenvalue weighted by Gasteiger charge is -2.38. The summed E-state index contributed by atoms with van der Waals surface area (Å²) in [6, 6.07) is 26.4. The Bertz CT molecular complexity index is 1420. The quantitative estimate of drug-likeness (QED) is 0.246. The van der Waals surface area contributed by atoms with E-state index in [-0.39, 0.29) is 17.8 Å². The largest absolute Gasteiger partial charge is 0.465 e. The van der Waals surface area contributed by atoms with Crippen LogP contribution < -0.4 is 5.69 Å². The summed E-state index contributed by atoms with van der Waals surface area (Å²) in [7, 11) is 0. The summed E-state index contributed by atoms with van der Waals surface area (Å²) in [5.41, 5.74) is 4.08. The minimum atomic E-state index is -0.879. The van der Waals surface area contributed by atoms with Gasteiger partial charge in [0.1, 0.15) is 0 Å². The van der Waals surface area contributed by atoms with Crippen LogP contribution in [0.4, 0.5) is 4.79 Å². The van der Waals surface area contributed by atoms with Gasteiger partial charge in [-0.25, -0.2) is 9.59 Å². The van der Waals surface area contributed by atoms with E-state index >= 15 is 0 Å². The summed E-state index contributed by atoms with van der Waals surface area (Å²) in [6.45, 7) is 2.94. The maximum atomic E-state index is 12.8. The molecule has 0 saturated carbocycles. The van der Waals surface area contributed by atoms with Crippen LogP contribution in [0.25, 0.3) is 11.0 Å². The third kappa shape index (κ3) is 6.19. The third-order valence-corrected chi connectivity index (χ3v) is 8.03. The highest BCUT2D eigenvalue weighted by Crippen LogP contribution is 2.31. The molecule has 38 heavy (non-hydrogen) atoms. The van der Waals surface area contributed by atoms with Gasteiger partial charge >= 0.3 is 11.8 Å². The van der Waals surface area contributed by atoms with E-state index in [0.717, 1.165) is 48.0 Å². The number of nitrogens with zero attached hydrogens (tertiary/aromatic N) is 3. The molecule has 4 aromatic rings. The predicted octanol–water partition coefficient (Wildman–Crippen LogP) is 6.26. The number of para-hydroxylation sites is 2. The number of nitrogens with one attached hydrogen (secondary N) is 1. The van der Waals surface area contributed by atoms with Crippen molar-refractivity contribution in [2.75, 3.05) is 13.1 Å². The number of aromatic nitrogens is 2. The number of hydrogen-bond donors (Lipinski definition) is 2. The van der Waals surface area contributed by atoms with Gasteiger partial charge in [0.05, 0.1) is 11.0 Å². The standard InChI is InChI=1S/C30H33BrN4O3/c31-24-14-12-23(13-15-24)21-33(20-22-7-2-1-3-8-22)17-6-9-25-19-26(16-18-34(25)30(37)38)35-28-11-5-4-10-27(28)32-29(35)36/h1-5,7-8,10-15,25-26H,6,9,16-21H2,(H,32,36)(H,37,38). The van der Waals surface area contributed by atoms with Crippen molar-refractivity contribution < 1.29 is 9.90 Å². The topological polar surface area (TPSA) is 81.6 Å². The van der Waals surface area contributed by atoms with Gasteiger partial charge in [-0.05, 0) is 67.6 Å². The first kappa shape index (κ1) is 26.3. The summed E-state index contributed by atoms with van der Waals surface area (Å²) >= 11 is 3.52. The molecule has 5 rings (SSSR count). The molecule has 1 amide bonds. The van der Waals surface area contributed by atoms with Crippen LogP contribution in [-0.4, -0.2) is 49.7 Å². The molecule has 2 heterocycles. The normalized spacial score (nSPS) is 17.8. The van der Waals surface area contributed by atoms with Crippen molar-refractivity contribution in [2.45, 2.75) is 50.9 Å². The number of piperidine rings is 1. The first-order chi connectivity index (χ1) is 18.5. The zero-order valence-corrected chi connectivity index (χ0v) is 22.9. The van der Waals surface area contributed by atoms with Crippen LogP contribution in [0, 0.1) is 0 Å². The molecule has 0 aliphatic carbocycles. The van der Waals surface area contributed by atoms with E-state index in [2.05, 4.69) is 74.3 Å². The van der Waals surface area contributed by atoms with Crippen LogP contribution in [0.5, 0.6) is 0 Å².